The van der Waals surface area contributed by atoms with E-state index in [4.69, 9.17) is 10.2 Å². The van der Waals surface area contributed by atoms with Crippen molar-refractivity contribution >= 4 is 12.0 Å². The average molecular weight is 234 g/mol. The summed E-state index contributed by atoms with van der Waals surface area (Å²) in [7, 11) is 2.76. The van der Waals surface area contributed by atoms with Crippen molar-refractivity contribution in [3.63, 3.8) is 0 Å². The largest absolute Gasteiger partial charge is 0.479 e. The lowest BCUT2D eigenvalue weighted by Crippen LogP contribution is -2.45. The third-order valence-corrected chi connectivity index (χ3v) is 1.88. The van der Waals surface area contributed by atoms with Gasteiger partial charge in [-0.2, -0.15) is 0 Å². The maximum Gasteiger partial charge on any atom is 0.334 e. The van der Waals surface area contributed by atoms with E-state index in [1.54, 1.807) is 6.92 Å². The van der Waals surface area contributed by atoms with E-state index in [9.17, 15) is 9.59 Å². The molecule has 0 aliphatic rings. The normalized spacial score (nSPS) is 14.0. The molecule has 0 rings (SSSR count). The second-order valence-electron chi connectivity index (χ2n) is 3.48. The fourth-order valence-corrected chi connectivity index (χ4v) is 1.07. The summed E-state index contributed by atoms with van der Waals surface area (Å²) in [6, 6.07) is -0.454. The van der Waals surface area contributed by atoms with Gasteiger partial charge in [-0.25, -0.2) is 9.59 Å². The van der Waals surface area contributed by atoms with Crippen LogP contribution in [0.25, 0.3) is 0 Å². The minimum Gasteiger partial charge on any atom is -0.479 e. The second kappa shape index (κ2) is 7.02. The maximum atomic E-state index is 11.4. The van der Waals surface area contributed by atoms with Crippen molar-refractivity contribution in [1.82, 2.24) is 10.2 Å². The standard InChI is InChI=1S/C9H18N2O5/c1-6(12)5-11(2)9(15)10-4-7(16-3)8(13)14/h6-7,12H,4-5H2,1-3H3,(H,10,15)(H,13,14). The van der Waals surface area contributed by atoms with Crippen LogP contribution in [0.4, 0.5) is 4.79 Å². The van der Waals surface area contributed by atoms with Crippen LogP contribution in [0.5, 0.6) is 0 Å². The molecule has 0 heterocycles. The zero-order valence-corrected chi connectivity index (χ0v) is 9.64. The van der Waals surface area contributed by atoms with Crippen molar-refractivity contribution in [2.24, 2.45) is 0 Å². The lowest BCUT2D eigenvalue weighted by Gasteiger charge is -2.20. The zero-order chi connectivity index (χ0) is 12.7. The Balaban J connectivity index is 4.00. The van der Waals surface area contributed by atoms with Gasteiger partial charge in [0.25, 0.3) is 0 Å². The highest BCUT2D eigenvalue weighted by Crippen LogP contribution is 1.92. The number of rotatable bonds is 6. The Labute approximate surface area is 94.0 Å². The molecule has 0 bridgehead atoms. The Bertz CT molecular complexity index is 244. The summed E-state index contributed by atoms with van der Waals surface area (Å²) in [5.41, 5.74) is 0. The molecule has 0 aliphatic carbocycles. The van der Waals surface area contributed by atoms with Crippen LogP contribution in [0.2, 0.25) is 0 Å². The van der Waals surface area contributed by atoms with Crippen LogP contribution >= 0.6 is 0 Å². The van der Waals surface area contributed by atoms with Crippen molar-refractivity contribution in [2.45, 2.75) is 19.1 Å². The average Bonchev–Trinajstić information content (AvgIpc) is 2.16. The molecule has 2 atom stereocenters. The minimum atomic E-state index is -1.14. The van der Waals surface area contributed by atoms with Gasteiger partial charge < -0.3 is 25.2 Å². The van der Waals surface area contributed by atoms with Gasteiger partial charge in [-0.3, -0.25) is 0 Å². The molecule has 0 aromatic heterocycles. The molecule has 0 spiro atoms. The Morgan fingerprint density at radius 2 is 2.06 bits per heavy atom. The molecule has 7 nitrogen and oxygen atoms in total. The van der Waals surface area contributed by atoms with Gasteiger partial charge >= 0.3 is 12.0 Å². The molecule has 94 valence electrons. The highest BCUT2D eigenvalue weighted by molar-refractivity contribution is 5.76. The summed E-state index contributed by atoms with van der Waals surface area (Å²) in [5, 5.41) is 20.1. The predicted molar refractivity (Wildman–Crippen MR) is 56.1 cm³/mol. The number of urea groups is 1. The van der Waals surface area contributed by atoms with Crippen LogP contribution in [-0.2, 0) is 9.53 Å². The number of nitrogens with one attached hydrogen (secondary N) is 1. The van der Waals surface area contributed by atoms with Crippen molar-refractivity contribution < 1.29 is 24.5 Å². The van der Waals surface area contributed by atoms with Crippen LogP contribution in [0.1, 0.15) is 6.92 Å². The number of carboxylic acids is 1. The Morgan fingerprint density at radius 1 is 1.50 bits per heavy atom. The van der Waals surface area contributed by atoms with Crippen molar-refractivity contribution in [3.8, 4) is 0 Å². The molecular formula is C9H18N2O5. The summed E-state index contributed by atoms with van der Waals surface area (Å²) in [6.45, 7) is 1.62. The first-order chi connectivity index (χ1) is 7.38. The monoisotopic (exact) mass is 234 g/mol. The highest BCUT2D eigenvalue weighted by atomic mass is 16.5. The SMILES string of the molecule is COC(CNC(=O)N(C)CC(C)O)C(=O)O. The minimum absolute atomic E-state index is 0.116. The van der Waals surface area contributed by atoms with Gasteiger partial charge in [-0.15, -0.1) is 0 Å². The molecule has 0 aromatic rings. The quantitative estimate of drug-likeness (QED) is 0.553. The van der Waals surface area contributed by atoms with E-state index >= 15 is 0 Å². The molecule has 0 aromatic carbocycles. The van der Waals surface area contributed by atoms with Crippen LogP contribution in [0, 0.1) is 0 Å². The maximum absolute atomic E-state index is 11.4. The summed E-state index contributed by atoms with van der Waals surface area (Å²) in [4.78, 5) is 23.2. The van der Waals surface area contributed by atoms with E-state index in [2.05, 4.69) is 10.1 Å². The molecule has 16 heavy (non-hydrogen) atoms. The first-order valence-corrected chi connectivity index (χ1v) is 4.81. The summed E-state index contributed by atoms with van der Waals surface area (Å²) in [5.74, 6) is -1.14. The lowest BCUT2D eigenvalue weighted by atomic mass is 10.3. The molecule has 2 amide bonds. The number of amides is 2. The van der Waals surface area contributed by atoms with Gasteiger partial charge in [-0.1, -0.05) is 0 Å². The zero-order valence-electron chi connectivity index (χ0n) is 9.64. The number of aliphatic hydroxyl groups excluding tert-OH is 1. The third-order valence-electron chi connectivity index (χ3n) is 1.88. The number of aliphatic carboxylic acids is 1. The smallest absolute Gasteiger partial charge is 0.334 e. The first kappa shape index (κ1) is 14.7. The molecule has 0 fully saturated rings. The van der Waals surface area contributed by atoms with Gasteiger partial charge in [0.05, 0.1) is 12.6 Å². The summed E-state index contributed by atoms with van der Waals surface area (Å²) < 4.78 is 4.64. The highest BCUT2D eigenvalue weighted by Gasteiger charge is 2.18. The Hall–Kier alpha value is -1.34. The Kier molecular flexibility index (Phi) is 6.43. The van der Waals surface area contributed by atoms with E-state index in [0.717, 1.165) is 0 Å². The van der Waals surface area contributed by atoms with Crippen LogP contribution in [0.15, 0.2) is 0 Å². The fourth-order valence-electron chi connectivity index (χ4n) is 1.07. The number of methoxy groups -OCH3 is 1. The van der Waals surface area contributed by atoms with Crippen molar-refractivity contribution in [3.05, 3.63) is 0 Å². The molecule has 2 unspecified atom stereocenters. The molecule has 0 saturated carbocycles. The molecule has 7 heteroatoms. The topological polar surface area (TPSA) is 99.1 Å². The number of carbonyl (C=O) groups is 2. The van der Waals surface area contributed by atoms with Crippen molar-refractivity contribution in [2.75, 3.05) is 27.2 Å². The van der Waals surface area contributed by atoms with Crippen LogP contribution < -0.4 is 5.32 Å². The van der Waals surface area contributed by atoms with E-state index in [0.29, 0.717) is 0 Å². The molecular weight excluding hydrogens is 216 g/mol. The number of carbonyl (C=O) groups excluding carboxylic acids is 1. The number of nitrogens with zero attached hydrogens (tertiary/aromatic N) is 1. The van der Waals surface area contributed by atoms with Crippen LogP contribution in [0.3, 0.4) is 0 Å². The number of likely N-dealkylation sites (N-methyl/N-ethyl adjacent to an activating group) is 1. The van der Waals surface area contributed by atoms with E-state index < -0.39 is 24.2 Å². The molecule has 3 N–H and O–H groups in total. The first-order valence-electron chi connectivity index (χ1n) is 4.81. The number of hydrogen-bond acceptors (Lipinski definition) is 4. The van der Waals surface area contributed by atoms with Gasteiger partial charge in [-0.05, 0) is 6.92 Å². The van der Waals surface area contributed by atoms with E-state index in [1.807, 2.05) is 0 Å². The van der Waals surface area contributed by atoms with Crippen molar-refractivity contribution in [1.29, 1.82) is 0 Å². The van der Waals surface area contributed by atoms with Gasteiger partial charge in [0.15, 0.2) is 6.10 Å². The van der Waals surface area contributed by atoms with Gasteiger partial charge in [0.1, 0.15) is 0 Å². The number of hydrogen-bond donors (Lipinski definition) is 3. The second-order valence-corrected chi connectivity index (χ2v) is 3.48. The summed E-state index contributed by atoms with van der Waals surface area (Å²) >= 11 is 0. The summed E-state index contributed by atoms with van der Waals surface area (Å²) in [6.07, 6.45) is -1.70. The Morgan fingerprint density at radius 3 is 2.44 bits per heavy atom. The molecule has 0 saturated heterocycles. The predicted octanol–water partition coefficient (Wildman–Crippen LogP) is -0.892. The third kappa shape index (κ3) is 5.52. The number of carboxylic acid groups (broad SMARTS) is 1. The van der Waals surface area contributed by atoms with Crippen LogP contribution in [-0.4, -0.2) is 66.6 Å². The molecule has 0 aliphatic heterocycles. The molecule has 0 radical (unpaired) electrons. The number of ether oxygens (including phenoxy) is 1. The van der Waals surface area contributed by atoms with E-state index in [-0.39, 0.29) is 13.1 Å². The van der Waals surface area contributed by atoms with E-state index in [1.165, 1.54) is 19.1 Å². The lowest BCUT2D eigenvalue weighted by molar-refractivity contribution is -0.148. The fraction of sp³-hybridized carbons (Fsp3) is 0.778. The van der Waals surface area contributed by atoms with Gasteiger partial charge in [0, 0.05) is 20.7 Å². The van der Waals surface area contributed by atoms with Gasteiger partial charge in [0.2, 0.25) is 0 Å². The number of aliphatic hydroxyl groups is 1.